The highest BCUT2D eigenvalue weighted by Gasteiger charge is 2.12. The quantitative estimate of drug-likeness (QED) is 0.395. The van der Waals surface area contributed by atoms with Gasteiger partial charge in [0.2, 0.25) is 0 Å². The van der Waals surface area contributed by atoms with Crippen molar-refractivity contribution in [2.45, 2.75) is 6.92 Å². The minimum atomic E-state index is -0.446. The summed E-state index contributed by atoms with van der Waals surface area (Å²) in [5.41, 5.74) is 4.04. The largest absolute Gasteiger partial charge is 0.282 e. The Bertz CT molecular complexity index is 1040. The van der Waals surface area contributed by atoms with Crippen LogP contribution in [-0.4, -0.2) is 24.3 Å². The molecule has 0 radical (unpaired) electrons. The van der Waals surface area contributed by atoms with E-state index in [2.05, 4.69) is 15.0 Å². The zero-order chi connectivity index (χ0) is 14.6. The standard InChI is InChI=1S/C14H9N5O2/c1-8-2-5-12-17-13-14(18(12)7-8)16-10-4-3-9(19(20)21)6-11(10)15-13/h2-7H,1H3. The van der Waals surface area contributed by atoms with Crippen molar-refractivity contribution in [3.63, 3.8) is 0 Å². The van der Waals surface area contributed by atoms with E-state index in [0.29, 0.717) is 22.3 Å². The molecule has 7 heteroatoms. The molecule has 7 nitrogen and oxygen atoms in total. The Morgan fingerprint density at radius 2 is 1.95 bits per heavy atom. The molecular weight excluding hydrogens is 270 g/mol. The first-order chi connectivity index (χ1) is 10.1. The van der Waals surface area contributed by atoms with Gasteiger partial charge in [-0.3, -0.25) is 14.5 Å². The van der Waals surface area contributed by atoms with Crippen LogP contribution >= 0.6 is 0 Å². The molecule has 1 aromatic carbocycles. The second kappa shape index (κ2) is 3.95. The first-order valence-corrected chi connectivity index (χ1v) is 6.32. The summed E-state index contributed by atoms with van der Waals surface area (Å²) in [5, 5.41) is 10.8. The van der Waals surface area contributed by atoms with Gasteiger partial charge in [-0.2, -0.15) is 0 Å². The summed E-state index contributed by atoms with van der Waals surface area (Å²) in [4.78, 5) is 23.7. The van der Waals surface area contributed by atoms with Gasteiger partial charge in [-0.05, 0) is 24.6 Å². The first kappa shape index (κ1) is 11.7. The number of nitro groups is 1. The molecule has 3 heterocycles. The molecule has 0 aliphatic heterocycles. The first-order valence-electron chi connectivity index (χ1n) is 6.32. The topological polar surface area (TPSA) is 86.2 Å². The van der Waals surface area contributed by atoms with Crippen LogP contribution < -0.4 is 0 Å². The maximum absolute atomic E-state index is 10.8. The maximum atomic E-state index is 10.8. The Balaban J connectivity index is 2.11. The number of aromatic nitrogens is 4. The third kappa shape index (κ3) is 1.71. The fourth-order valence-corrected chi connectivity index (χ4v) is 2.34. The molecule has 0 unspecified atom stereocenters. The Kier molecular flexibility index (Phi) is 2.20. The minimum Gasteiger partial charge on any atom is -0.282 e. The second-order valence-corrected chi connectivity index (χ2v) is 4.85. The molecule has 0 spiro atoms. The third-order valence-electron chi connectivity index (χ3n) is 3.35. The normalized spacial score (nSPS) is 11.5. The van der Waals surface area contributed by atoms with E-state index in [4.69, 9.17) is 0 Å². The van der Waals surface area contributed by atoms with Gasteiger partial charge < -0.3 is 0 Å². The van der Waals surface area contributed by atoms with Crippen molar-refractivity contribution in [2.24, 2.45) is 0 Å². The molecule has 4 aromatic rings. The van der Waals surface area contributed by atoms with Crippen molar-refractivity contribution in [2.75, 3.05) is 0 Å². The van der Waals surface area contributed by atoms with Crippen molar-refractivity contribution in [1.82, 2.24) is 19.4 Å². The van der Waals surface area contributed by atoms with Gasteiger partial charge in [0.1, 0.15) is 5.65 Å². The van der Waals surface area contributed by atoms with Gasteiger partial charge in [0.05, 0.1) is 16.0 Å². The summed E-state index contributed by atoms with van der Waals surface area (Å²) in [7, 11) is 0. The Hall–Kier alpha value is -3.09. The number of rotatable bonds is 1. The predicted octanol–water partition coefficient (Wildman–Crippen LogP) is 2.65. The molecule has 0 fully saturated rings. The third-order valence-corrected chi connectivity index (χ3v) is 3.35. The van der Waals surface area contributed by atoms with E-state index >= 15 is 0 Å². The van der Waals surface area contributed by atoms with E-state index < -0.39 is 4.92 Å². The molecule has 0 N–H and O–H groups in total. The van der Waals surface area contributed by atoms with Crippen molar-refractivity contribution in [3.05, 3.63) is 52.2 Å². The Labute approximate surface area is 118 Å². The highest BCUT2D eigenvalue weighted by atomic mass is 16.6. The number of nitro benzene ring substituents is 1. The van der Waals surface area contributed by atoms with Gasteiger partial charge in [0, 0.05) is 18.3 Å². The summed E-state index contributed by atoms with van der Waals surface area (Å²) in [6, 6.07) is 8.31. The number of nitrogens with zero attached hydrogens (tertiary/aromatic N) is 5. The average molecular weight is 279 g/mol. The van der Waals surface area contributed by atoms with Crippen LogP contribution in [0.4, 0.5) is 5.69 Å². The summed E-state index contributed by atoms with van der Waals surface area (Å²) in [6.07, 6.45) is 1.94. The monoisotopic (exact) mass is 279 g/mol. The van der Waals surface area contributed by atoms with E-state index in [-0.39, 0.29) is 5.69 Å². The van der Waals surface area contributed by atoms with Gasteiger partial charge in [-0.1, -0.05) is 6.07 Å². The average Bonchev–Trinajstić information content (AvgIpc) is 2.81. The highest BCUT2D eigenvalue weighted by molar-refractivity contribution is 5.86. The van der Waals surface area contributed by atoms with Crippen molar-refractivity contribution < 1.29 is 4.92 Å². The van der Waals surface area contributed by atoms with Crippen LogP contribution in [0.25, 0.3) is 28.0 Å². The Morgan fingerprint density at radius 1 is 1.10 bits per heavy atom. The van der Waals surface area contributed by atoms with Crippen molar-refractivity contribution in [3.8, 4) is 0 Å². The lowest BCUT2D eigenvalue weighted by atomic mass is 10.2. The second-order valence-electron chi connectivity index (χ2n) is 4.85. The molecular formula is C14H9N5O2. The van der Waals surface area contributed by atoms with E-state index in [0.717, 1.165) is 11.2 Å². The van der Waals surface area contributed by atoms with Gasteiger partial charge in [-0.15, -0.1) is 0 Å². The maximum Gasteiger partial charge on any atom is 0.271 e. The lowest BCUT2D eigenvalue weighted by molar-refractivity contribution is -0.384. The summed E-state index contributed by atoms with van der Waals surface area (Å²) < 4.78 is 1.87. The Morgan fingerprint density at radius 3 is 2.76 bits per heavy atom. The van der Waals surface area contributed by atoms with Crippen LogP contribution in [-0.2, 0) is 0 Å². The number of fused-ring (bicyclic) bond motifs is 4. The minimum absolute atomic E-state index is 0.00393. The smallest absolute Gasteiger partial charge is 0.271 e. The van der Waals surface area contributed by atoms with Crippen LogP contribution in [0.2, 0.25) is 0 Å². The SMILES string of the molecule is Cc1ccc2nc3nc4cc([N+](=O)[O-])ccc4nc3n2c1. The van der Waals surface area contributed by atoms with E-state index in [1.807, 2.05) is 29.7 Å². The number of hydrogen-bond donors (Lipinski definition) is 0. The number of imidazole rings is 1. The van der Waals surface area contributed by atoms with Gasteiger partial charge in [0.25, 0.3) is 5.69 Å². The van der Waals surface area contributed by atoms with Crippen LogP contribution in [0.3, 0.4) is 0 Å². The molecule has 0 saturated heterocycles. The zero-order valence-electron chi connectivity index (χ0n) is 11.0. The number of hydrogen-bond acceptors (Lipinski definition) is 5. The van der Waals surface area contributed by atoms with E-state index in [9.17, 15) is 10.1 Å². The molecule has 0 aliphatic carbocycles. The molecule has 4 rings (SSSR count). The number of aryl methyl sites for hydroxylation is 1. The number of benzene rings is 1. The predicted molar refractivity (Wildman–Crippen MR) is 77.2 cm³/mol. The van der Waals surface area contributed by atoms with Crippen LogP contribution in [0.1, 0.15) is 5.56 Å². The van der Waals surface area contributed by atoms with Gasteiger partial charge >= 0.3 is 0 Å². The molecule has 21 heavy (non-hydrogen) atoms. The molecule has 102 valence electrons. The van der Waals surface area contributed by atoms with E-state index in [1.165, 1.54) is 12.1 Å². The zero-order valence-corrected chi connectivity index (χ0v) is 11.0. The number of pyridine rings is 1. The fourth-order valence-electron chi connectivity index (χ4n) is 2.34. The summed E-state index contributed by atoms with van der Waals surface area (Å²) >= 11 is 0. The fraction of sp³-hybridized carbons (Fsp3) is 0.0714. The van der Waals surface area contributed by atoms with E-state index in [1.54, 1.807) is 6.07 Å². The van der Waals surface area contributed by atoms with Gasteiger partial charge in [0.15, 0.2) is 11.3 Å². The van der Waals surface area contributed by atoms with Crippen LogP contribution in [0.5, 0.6) is 0 Å². The van der Waals surface area contributed by atoms with Gasteiger partial charge in [-0.25, -0.2) is 15.0 Å². The van der Waals surface area contributed by atoms with Crippen LogP contribution in [0, 0.1) is 17.0 Å². The molecule has 0 aliphatic rings. The summed E-state index contributed by atoms with van der Waals surface area (Å²) in [5.74, 6) is 0. The molecule has 0 amide bonds. The number of non-ortho nitro benzene ring substituents is 1. The van der Waals surface area contributed by atoms with Crippen molar-refractivity contribution in [1.29, 1.82) is 0 Å². The summed E-state index contributed by atoms with van der Waals surface area (Å²) in [6.45, 7) is 1.99. The lowest BCUT2D eigenvalue weighted by Crippen LogP contribution is -1.92. The molecule has 0 atom stereocenters. The molecule has 0 bridgehead atoms. The molecule has 0 saturated carbocycles. The van der Waals surface area contributed by atoms with Crippen molar-refractivity contribution >= 4 is 33.7 Å². The highest BCUT2D eigenvalue weighted by Crippen LogP contribution is 2.21. The van der Waals surface area contributed by atoms with Crippen LogP contribution in [0.15, 0.2) is 36.5 Å². The lowest BCUT2D eigenvalue weighted by Gasteiger charge is -1.99. The molecule has 3 aromatic heterocycles.